The van der Waals surface area contributed by atoms with E-state index >= 15 is 0 Å². The van der Waals surface area contributed by atoms with Crippen LogP contribution in [0.5, 0.6) is 0 Å². The standard InChI is InChI=1S/C25H22F3N4.C13H24O2.Ir/c1-23(2,3)17-11-15(10-14-8-6-7-9-16(14)17)20-19-21(18(12-29-20)25(26,27)28)32-13-30-31-22(32)24(19,4)5;1-5-10(6-2)12(14)9-13(15)11(7-3)8-4;/h6-9,11-13H,1-5H3;9-11,14H,5-8H2,1-4H3;/q-1;;/b;12-9-;. The van der Waals surface area contributed by atoms with E-state index in [1.807, 2.05) is 71.9 Å². The van der Waals surface area contributed by atoms with Crippen LogP contribution in [0.15, 0.2) is 54.7 Å². The number of ketones is 1. The number of aliphatic hydroxyl groups excluding tert-OH is 1. The first-order chi connectivity index (χ1) is 22.0. The Kier molecular flexibility index (Phi) is 12.2. The molecule has 0 spiro atoms. The fourth-order valence-corrected chi connectivity index (χ4v) is 6.45. The molecular formula is C38H46F3IrN4O2-. The van der Waals surface area contributed by atoms with E-state index in [1.165, 1.54) is 17.0 Å². The number of carbonyl (C=O) groups excluding carboxylic acids is 1. The molecule has 0 aliphatic carbocycles. The number of aliphatic hydroxyl groups is 1. The van der Waals surface area contributed by atoms with Crippen molar-refractivity contribution in [2.75, 3.05) is 0 Å². The molecule has 2 aromatic heterocycles. The molecule has 1 radical (unpaired) electrons. The molecule has 0 bridgehead atoms. The van der Waals surface area contributed by atoms with Gasteiger partial charge in [0.25, 0.3) is 0 Å². The van der Waals surface area contributed by atoms with Gasteiger partial charge in [-0.1, -0.05) is 77.6 Å². The Morgan fingerprint density at radius 1 is 1.00 bits per heavy atom. The summed E-state index contributed by atoms with van der Waals surface area (Å²) in [5.41, 5.74) is 1.01. The number of hydrogen-bond acceptors (Lipinski definition) is 5. The van der Waals surface area contributed by atoms with Crippen molar-refractivity contribution in [2.24, 2.45) is 11.8 Å². The molecule has 1 aliphatic rings. The summed E-state index contributed by atoms with van der Waals surface area (Å²) in [5.74, 6) is 1.01. The maximum atomic E-state index is 14.0. The number of nitrogens with zero attached hydrogens (tertiary/aromatic N) is 4. The topological polar surface area (TPSA) is 80.9 Å². The van der Waals surface area contributed by atoms with Crippen LogP contribution in [0, 0.1) is 17.9 Å². The van der Waals surface area contributed by atoms with Crippen molar-refractivity contribution in [1.29, 1.82) is 0 Å². The van der Waals surface area contributed by atoms with Crippen molar-refractivity contribution in [3.05, 3.63) is 83.3 Å². The van der Waals surface area contributed by atoms with Crippen molar-refractivity contribution in [1.82, 2.24) is 19.7 Å². The zero-order valence-electron chi connectivity index (χ0n) is 29.2. The SMILES string of the molecule is CC(C)(C)c1cc(-c2ncc(C(F)(F)F)c3c2C(C)(C)c2nncn2-3)[c-]c2ccccc12.CCC(CC)C(=O)/C=C(\O)C(CC)CC.[Ir]. The van der Waals surface area contributed by atoms with Crippen LogP contribution in [-0.2, 0) is 41.9 Å². The first-order valence-electron chi connectivity index (χ1n) is 16.4. The molecule has 1 aliphatic heterocycles. The third-order valence-corrected chi connectivity index (χ3v) is 9.25. The Balaban J connectivity index is 0.000000334. The second kappa shape index (κ2) is 15.0. The van der Waals surface area contributed by atoms with Crippen molar-refractivity contribution in [2.45, 2.75) is 105 Å². The molecule has 3 heterocycles. The van der Waals surface area contributed by atoms with Gasteiger partial charge in [-0.2, -0.15) is 13.2 Å². The van der Waals surface area contributed by atoms with Crippen LogP contribution in [0.3, 0.4) is 0 Å². The van der Waals surface area contributed by atoms with Crippen LogP contribution in [0.4, 0.5) is 13.2 Å². The molecule has 2 aromatic carbocycles. The second-order valence-corrected chi connectivity index (χ2v) is 13.8. The van der Waals surface area contributed by atoms with Crippen molar-refractivity contribution in [3.63, 3.8) is 0 Å². The van der Waals surface area contributed by atoms with Crippen molar-refractivity contribution < 1.29 is 43.2 Å². The largest absolute Gasteiger partial charge is 0.512 e. The molecule has 4 aromatic rings. The number of alkyl halides is 3. The Morgan fingerprint density at radius 2 is 1.60 bits per heavy atom. The zero-order valence-corrected chi connectivity index (χ0v) is 31.6. The van der Waals surface area contributed by atoms with Gasteiger partial charge in [0, 0.05) is 55.3 Å². The summed E-state index contributed by atoms with van der Waals surface area (Å²) >= 11 is 0. The molecule has 0 amide bonds. The molecule has 0 saturated heterocycles. The van der Waals surface area contributed by atoms with E-state index < -0.39 is 17.2 Å². The molecule has 1 N–H and O–H groups in total. The number of pyridine rings is 1. The third kappa shape index (κ3) is 7.60. The smallest absolute Gasteiger partial charge is 0.419 e. The van der Waals surface area contributed by atoms with Crippen LogP contribution < -0.4 is 0 Å². The molecule has 48 heavy (non-hydrogen) atoms. The van der Waals surface area contributed by atoms with Crippen LogP contribution in [0.2, 0.25) is 0 Å². The van der Waals surface area contributed by atoms with Crippen LogP contribution in [0.25, 0.3) is 27.7 Å². The number of allylic oxidation sites excluding steroid dienone is 2. The Hall–Kier alpha value is -3.36. The van der Waals surface area contributed by atoms with Crippen LogP contribution >= 0.6 is 0 Å². The number of rotatable bonds is 8. The van der Waals surface area contributed by atoms with E-state index in [0.29, 0.717) is 22.6 Å². The fraction of sp³-hybridized carbons (Fsp3) is 0.474. The summed E-state index contributed by atoms with van der Waals surface area (Å²) in [7, 11) is 0. The quantitative estimate of drug-likeness (QED) is 0.109. The van der Waals surface area contributed by atoms with Gasteiger partial charge >= 0.3 is 6.18 Å². The molecule has 0 atom stereocenters. The van der Waals surface area contributed by atoms with Crippen LogP contribution in [0.1, 0.15) is 111 Å². The minimum Gasteiger partial charge on any atom is -0.512 e. The normalized spacial score (nSPS) is 14.0. The van der Waals surface area contributed by atoms with Gasteiger partial charge in [-0.05, 0) is 50.5 Å². The number of hydrogen-bond donors (Lipinski definition) is 1. The summed E-state index contributed by atoms with van der Waals surface area (Å²) < 4.78 is 43.3. The van der Waals surface area contributed by atoms with Gasteiger partial charge in [-0.15, -0.1) is 39.3 Å². The molecule has 0 saturated carbocycles. The van der Waals surface area contributed by atoms with Gasteiger partial charge in [0.1, 0.15) is 12.2 Å². The Labute approximate surface area is 295 Å². The van der Waals surface area contributed by atoms with E-state index in [1.54, 1.807) is 0 Å². The number of halogens is 3. The molecule has 261 valence electrons. The van der Waals surface area contributed by atoms with E-state index in [4.69, 9.17) is 0 Å². The first kappa shape index (κ1) is 39.1. The van der Waals surface area contributed by atoms with Gasteiger partial charge in [0.05, 0.1) is 17.0 Å². The number of benzene rings is 2. The van der Waals surface area contributed by atoms with E-state index in [2.05, 4.69) is 42.0 Å². The zero-order chi connectivity index (χ0) is 34.9. The molecule has 0 fully saturated rings. The minimum absolute atomic E-state index is 0. The van der Waals surface area contributed by atoms with Crippen molar-refractivity contribution in [3.8, 4) is 16.9 Å². The average Bonchev–Trinajstić information content (AvgIpc) is 3.58. The summed E-state index contributed by atoms with van der Waals surface area (Å²) in [6, 6.07) is 13.4. The number of aromatic nitrogens is 4. The summed E-state index contributed by atoms with van der Waals surface area (Å²) in [4.78, 5) is 16.1. The average molecular weight is 840 g/mol. The predicted octanol–water partition coefficient (Wildman–Crippen LogP) is 10.1. The van der Waals surface area contributed by atoms with Gasteiger partial charge in [0.15, 0.2) is 5.78 Å². The number of carbonyl (C=O) groups is 1. The Bertz CT molecular complexity index is 1780. The first-order valence-corrected chi connectivity index (χ1v) is 16.4. The fourth-order valence-electron chi connectivity index (χ4n) is 6.45. The van der Waals surface area contributed by atoms with Crippen LogP contribution in [-0.4, -0.2) is 30.6 Å². The Morgan fingerprint density at radius 3 is 2.17 bits per heavy atom. The second-order valence-electron chi connectivity index (χ2n) is 13.8. The van der Waals surface area contributed by atoms with E-state index in [0.717, 1.165) is 48.2 Å². The number of fused-ring (bicyclic) bond motifs is 4. The molecule has 0 unspecified atom stereocenters. The van der Waals surface area contributed by atoms with Gasteiger partial charge in [-0.25, -0.2) is 0 Å². The minimum atomic E-state index is -4.55. The third-order valence-electron chi connectivity index (χ3n) is 9.25. The van der Waals surface area contributed by atoms with Crippen molar-refractivity contribution >= 4 is 16.6 Å². The maximum absolute atomic E-state index is 14.0. The summed E-state index contributed by atoms with van der Waals surface area (Å²) in [6.45, 7) is 18.1. The van der Waals surface area contributed by atoms with E-state index in [9.17, 15) is 23.1 Å². The van der Waals surface area contributed by atoms with Gasteiger partial charge in [-0.3, -0.25) is 14.3 Å². The molecular weight excluding hydrogens is 794 g/mol. The van der Waals surface area contributed by atoms with E-state index in [-0.39, 0.29) is 54.6 Å². The van der Waals surface area contributed by atoms with Gasteiger partial charge < -0.3 is 5.11 Å². The molecule has 5 rings (SSSR count). The summed E-state index contributed by atoms with van der Waals surface area (Å²) in [5, 5.41) is 19.7. The predicted molar refractivity (Wildman–Crippen MR) is 181 cm³/mol. The summed E-state index contributed by atoms with van der Waals surface area (Å²) in [6.07, 6.45) is 2.61. The van der Waals surface area contributed by atoms with Gasteiger partial charge in [0.2, 0.25) is 0 Å². The molecule has 6 nitrogen and oxygen atoms in total. The monoisotopic (exact) mass is 840 g/mol. The molecule has 10 heteroatoms. The maximum Gasteiger partial charge on any atom is 0.419 e.